The Morgan fingerprint density at radius 1 is 1.36 bits per heavy atom. The minimum atomic E-state index is -0.0954. The minimum Gasteiger partial charge on any atom is -0.378 e. The van der Waals surface area contributed by atoms with Crippen molar-refractivity contribution in [3.63, 3.8) is 0 Å². The van der Waals surface area contributed by atoms with E-state index in [1.54, 1.807) is 17.5 Å². The van der Waals surface area contributed by atoms with Crippen molar-refractivity contribution < 1.29 is 9.53 Å². The number of rotatable bonds is 4. The molecule has 0 aromatic carbocycles. The van der Waals surface area contributed by atoms with Gasteiger partial charge in [-0.15, -0.1) is 11.3 Å². The summed E-state index contributed by atoms with van der Waals surface area (Å²) in [6, 6.07) is 7.74. The summed E-state index contributed by atoms with van der Waals surface area (Å²) in [4.78, 5) is 20.0. The molecule has 116 valence electrons. The van der Waals surface area contributed by atoms with Gasteiger partial charge >= 0.3 is 0 Å². The van der Waals surface area contributed by atoms with Crippen LogP contribution in [-0.2, 0) is 4.74 Å². The number of hydrogen-bond donors (Lipinski definition) is 1. The van der Waals surface area contributed by atoms with Crippen LogP contribution in [0.15, 0.2) is 35.8 Å². The van der Waals surface area contributed by atoms with Gasteiger partial charge in [-0.3, -0.25) is 4.79 Å². The molecule has 22 heavy (non-hydrogen) atoms. The van der Waals surface area contributed by atoms with Crippen LogP contribution in [0.1, 0.15) is 28.2 Å². The van der Waals surface area contributed by atoms with E-state index in [0.717, 1.165) is 37.0 Å². The third-order valence-electron chi connectivity index (χ3n) is 3.66. The second-order valence-electron chi connectivity index (χ2n) is 5.22. The van der Waals surface area contributed by atoms with Crippen LogP contribution in [0.3, 0.4) is 0 Å². The quantitative estimate of drug-likeness (QED) is 0.941. The third kappa shape index (κ3) is 3.45. The molecule has 1 fully saturated rings. The summed E-state index contributed by atoms with van der Waals surface area (Å²) in [5.41, 5.74) is 0.584. The number of morpholine rings is 1. The first kappa shape index (κ1) is 15.0. The van der Waals surface area contributed by atoms with E-state index in [9.17, 15) is 4.79 Å². The van der Waals surface area contributed by atoms with Crippen LogP contribution in [0, 0.1) is 0 Å². The summed E-state index contributed by atoms with van der Waals surface area (Å²) in [6.07, 6.45) is 1.64. The van der Waals surface area contributed by atoms with Crippen molar-refractivity contribution in [2.75, 3.05) is 31.2 Å². The van der Waals surface area contributed by atoms with Crippen molar-refractivity contribution in [1.82, 2.24) is 10.3 Å². The largest absolute Gasteiger partial charge is 0.378 e. The third-order valence-corrected chi connectivity index (χ3v) is 4.72. The standard InChI is InChI=1S/C16H19N3O2S/c1-12(14-3-2-10-22-14)18-16(20)13-4-5-15(17-11-13)19-6-8-21-9-7-19/h2-5,10-12H,6-9H2,1H3,(H,18,20)/t12-/m0/s1. The van der Waals surface area contributed by atoms with Gasteiger partial charge in [0.15, 0.2) is 0 Å². The summed E-state index contributed by atoms with van der Waals surface area (Å²) in [7, 11) is 0. The fraction of sp³-hybridized carbons (Fsp3) is 0.375. The molecule has 0 unspecified atom stereocenters. The fourth-order valence-corrected chi connectivity index (χ4v) is 3.12. The molecule has 1 aliphatic rings. The fourth-order valence-electron chi connectivity index (χ4n) is 2.39. The molecule has 1 N–H and O–H groups in total. The van der Waals surface area contributed by atoms with Gasteiger partial charge in [0.25, 0.3) is 5.91 Å². The first-order chi connectivity index (χ1) is 10.7. The monoisotopic (exact) mass is 317 g/mol. The second kappa shape index (κ2) is 6.89. The molecule has 2 aromatic rings. The lowest BCUT2D eigenvalue weighted by molar-refractivity contribution is 0.0940. The zero-order valence-corrected chi connectivity index (χ0v) is 13.3. The minimum absolute atomic E-state index is 0.00594. The van der Waals surface area contributed by atoms with Crippen molar-refractivity contribution in [1.29, 1.82) is 0 Å². The van der Waals surface area contributed by atoms with Crippen LogP contribution in [0.2, 0.25) is 0 Å². The van der Waals surface area contributed by atoms with E-state index < -0.39 is 0 Å². The number of amides is 1. The van der Waals surface area contributed by atoms with Crippen LogP contribution < -0.4 is 10.2 Å². The number of aromatic nitrogens is 1. The topological polar surface area (TPSA) is 54.5 Å². The lowest BCUT2D eigenvalue weighted by Crippen LogP contribution is -2.36. The Kier molecular flexibility index (Phi) is 4.70. The number of nitrogens with zero attached hydrogens (tertiary/aromatic N) is 2. The average molecular weight is 317 g/mol. The second-order valence-corrected chi connectivity index (χ2v) is 6.19. The van der Waals surface area contributed by atoms with Crippen molar-refractivity contribution in [2.24, 2.45) is 0 Å². The van der Waals surface area contributed by atoms with Crippen molar-refractivity contribution in [2.45, 2.75) is 13.0 Å². The van der Waals surface area contributed by atoms with E-state index in [1.807, 2.05) is 36.6 Å². The summed E-state index contributed by atoms with van der Waals surface area (Å²) < 4.78 is 5.33. The molecular weight excluding hydrogens is 298 g/mol. The van der Waals surface area contributed by atoms with Crippen LogP contribution in [0.5, 0.6) is 0 Å². The Morgan fingerprint density at radius 2 is 2.18 bits per heavy atom. The number of hydrogen-bond acceptors (Lipinski definition) is 5. The van der Waals surface area contributed by atoms with Gasteiger partial charge in [-0.25, -0.2) is 4.98 Å². The van der Waals surface area contributed by atoms with Gasteiger partial charge < -0.3 is 15.0 Å². The number of carbonyl (C=O) groups is 1. The lowest BCUT2D eigenvalue weighted by Gasteiger charge is -2.27. The molecule has 6 heteroatoms. The smallest absolute Gasteiger partial charge is 0.253 e. The highest BCUT2D eigenvalue weighted by Gasteiger charge is 2.15. The van der Waals surface area contributed by atoms with Crippen molar-refractivity contribution in [3.8, 4) is 0 Å². The van der Waals surface area contributed by atoms with E-state index in [-0.39, 0.29) is 11.9 Å². The Bertz CT molecular complexity index is 607. The zero-order valence-electron chi connectivity index (χ0n) is 12.5. The SMILES string of the molecule is C[C@H](NC(=O)c1ccc(N2CCOCC2)nc1)c1cccs1. The molecule has 0 spiro atoms. The van der Waals surface area contributed by atoms with Gasteiger partial charge in [-0.1, -0.05) is 6.07 Å². The van der Waals surface area contributed by atoms with E-state index >= 15 is 0 Å². The van der Waals surface area contributed by atoms with Gasteiger partial charge in [0.05, 0.1) is 24.8 Å². The number of thiophene rings is 1. The number of ether oxygens (including phenoxy) is 1. The van der Waals surface area contributed by atoms with Crippen LogP contribution in [-0.4, -0.2) is 37.2 Å². The maximum absolute atomic E-state index is 12.3. The number of nitrogens with one attached hydrogen (secondary N) is 1. The Labute approximate surface area is 133 Å². The maximum Gasteiger partial charge on any atom is 0.253 e. The predicted octanol–water partition coefficient (Wildman–Crippen LogP) is 2.47. The Morgan fingerprint density at radius 3 is 2.82 bits per heavy atom. The molecular formula is C16H19N3O2S. The molecule has 1 aliphatic heterocycles. The van der Waals surface area contributed by atoms with E-state index in [4.69, 9.17) is 4.74 Å². The van der Waals surface area contributed by atoms with Gasteiger partial charge in [-0.2, -0.15) is 0 Å². The van der Waals surface area contributed by atoms with Crippen LogP contribution in [0.4, 0.5) is 5.82 Å². The number of anilines is 1. The van der Waals surface area contributed by atoms with Crippen LogP contribution >= 0.6 is 11.3 Å². The molecule has 0 saturated carbocycles. The number of carbonyl (C=O) groups excluding carboxylic acids is 1. The summed E-state index contributed by atoms with van der Waals surface area (Å²) in [5, 5.41) is 5.01. The number of pyridine rings is 1. The van der Waals surface area contributed by atoms with Crippen LogP contribution in [0.25, 0.3) is 0 Å². The first-order valence-corrected chi connectivity index (χ1v) is 8.25. The highest BCUT2D eigenvalue weighted by atomic mass is 32.1. The van der Waals surface area contributed by atoms with Gasteiger partial charge in [0.2, 0.25) is 0 Å². The van der Waals surface area contributed by atoms with Crippen molar-refractivity contribution in [3.05, 3.63) is 46.3 Å². The lowest BCUT2D eigenvalue weighted by atomic mass is 10.2. The van der Waals surface area contributed by atoms with E-state index in [0.29, 0.717) is 5.56 Å². The molecule has 5 nitrogen and oxygen atoms in total. The molecule has 2 aromatic heterocycles. The predicted molar refractivity (Wildman–Crippen MR) is 87.5 cm³/mol. The van der Waals surface area contributed by atoms with Gasteiger partial charge in [0, 0.05) is 24.2 Å². The first-order valence-electron chi connectivity index (χ1n) is 7.37. The van der Waals surface area contributed by atoms with Crippen molar-refractivity contribution >= 4 is 23.1 Å². The zero-order chi connectivity index (χ0) is 15.4. The molecule has 3 rings (SSSR count). The summed E-state index contributed by atoms with van der Waals surface area (Å²) in [6.45, 7) is 5.12. The average Bonchev–Trinajstić information content (AvgIpc) is 3.10. The molecule has 0 aliphatic carbocycles. The highest BCUT2D eigenvalue weighted by molar-refractivity contribution is 7.10. The molecule has 0 radical (unpaired) electrons. The summed E-state index contributed by atoms with van der Waals surface area (Å²) >= 11 is 1.64. The normalized spacial score (nSPS) is 16.3. The molecule has 0 bridgehead atoms. The highest BCUT2D eigenvalue weighted by Crippen LogP contribution is 2.19. The molecule has 1 amide bonds. The molecule has 1 atom stereocenters. The Hall–Kier alpha value is -1.92. The van der Waals surface area contributed by atoms with E-state index in [1.165, 1.54) is 0 Å². The maximum atomic E-state index is 12.3. The molecule has 3 heterocycles. The Balaban J connectivity index is 1.63. The van der Waals surface area contributed by atoms with Gasteiger partial charge in [-0.05, 0) is 30.5 Å². The van der Waals surface area contributed by atoms with Gasteiger partial charge in [0.1, 0.15) is 5.82 Å². The molecule has 1 saturated heterocycles. The summed E-state index contributed by atoms with van der Waals surface area (Å²) in [5.74, 6) is 0.799. The van der Waals surface area contributed by atoms with E-state index in [2.05, 4.69) is 15.2 Å².